The predicted molar refractivity (Wildman–Crippen MR) is 139 cm³/mol. The third kappa shape index (κ3) is 4.94. The number of likely N-dealkylation sites (tertiary alicyclic amines) is 1. The van der Waals surface area contributed by atoms with Crippen LogP contribution >= 0.6 is 0 Å². The summed E-state index contributed by atoms with van der Waals surface area (Å²) in [6.45, 7) is 6.33. The second kappa shape index (κ2) is 10.1. The predicted octanol–water partition coefficient (Wildman–Crippen LogP) is 5.76. The number of methoxy groups -OCH3 is 2. The molecule has 1 fully saturated rings. The van der Waals surface area contributed by atoms with Crippen LogP contribution in [0.25, 0.3) is 5.76 Å². The van der Waals surface area contributed by atoms with E-state index in [0.29, 0.717) is 16.9 Å². The molecule has 37 heavy (non-hydrogen) atoms. The van der Waals surface area contributed by atoms with E-state index < -0.39 is 29.3 Å². The van der Waals surface area contributed by atoms with E-state index in [-0.39, 0.29) is 28.8 Å². The highest BCUT2D eigenvalue weighted by Gasteiger charge is 2.46. The summed E-state index contributed by atoms with van der Waals surface area (Å²) >= 11 is 0. The Kier molecular flexibility index (Phi) is 7.07. The van der Waals surface area contributed by atoms with Crippen LogP contribution in [0.15, 0.2) is 72.3 Å². The lowest BCUT2D eigenvalue weighted by Crippen LogP contribution is -2.29. The molecule has 0 bridgehead atoms. The van der Waals surface area contributed by atoms with Crippen LogP contribution in [0.3, 0.4) is 0 Å². The smallest absolute Gasteiger partial charge is 0.295 e. The van der Waals surface area contributed by atoms with Gasteiger partial charge in [-0.25, -0.2) is 4.39 Å². The number of Topliss-reactive ketones (excluding diaryl/α,β-unsaturated/α-hetero) is 1. The summed E-state index contributed by atoms with van der Waals surface area (Å²) in [4.78, 5) is 28.2. The number of para-hydroxylation sites is 1. The summed E-state index contributed by atoms with van der Waals surface area (Å²) in [5.41, 5.74) is 2.17. The zero-order valence-corrected chi connectivity index (χ0v) is 21.5. The zero-order valence-electron chi connectivity index (χ0n) is 21.5. The molecule has 1 aliphatic rings. The van der Waals surface area contributed by atoms with Crippen LogP contribution in [0.2, 0.25) is 0 Å². The molecule has 7 heteroatoms. The van der Waals surface area contributed by atoms with Gasteiger partial charge in [0.15, 0.2) is 0 Å². The molecule has 1 unspecified atom stereocenters. The lowest BCUT2D eigenvalue weighted by atomic mass is 9.85. The Hall–Kier alpha value is -4.13. The maximum absolute atomic E-state index is 14.2. The number of carbonyl (C=O) groups excluding carboxylic acids is 2. The Labute approximate surface area is 215 Å². The molecule has 0 spiro atoms. The van der Waals surface area contributed by atoms with E-state index in [1.165, 1.54) is 31.3 Å². The van der Waals surface area contributed by atoms with Gasteiger partial charge < -0.3 is 19.5 Å². The third-order valence-corrected chi connectivity index (χ3v) is 6.58. The van der Waals surface area contributed by atoms with Crippen LogP contribution in [-0.4, -0.2) is 35.9 Å². The number of aliphatic hydroxyl groups excluding tert-OH is 1. The Balaban J connectivity index is 1.92. The van der Waals surface area contributed by atoms with Crippen LogP contribution < -0.4 is 9.47 Å². The van der Waals surface area contributed by atoms with Gasteiger partial charge in [0.2, 0.25) is 0 Å². The van der Waals surface area contributed by atoms with Crippen molar-refractivity contribution in [2.24, 2.45) is 0 Å². The summed E-state index contributed by atoms with van der Waals surface area (Å²) < 4.78 is 24.9. The van der Waals surface area contributed by atoms with Crippen molar-refractivity contribution in [1.29, 1.82) is 0 Å². The van der Waals surface area contributed by atoms with E-state index in [1.807, 2.05) is 42.5 Å². The first kappa shape index (κ1) is 25.9. The molecule has 192 valence electrons. The maximum Gasteiger partial charge on any atom is 0.295 e. The van der Waals surface area contributed by atoms with Gasteiger partial charge in [-0.3, -0.25) is 9.59 Å². The zero-order chi connectivity index (χ0) is 26.9. The first-order valence-corrected chi connectivity index (χ1v) is 11.9. The molecule has 1 N–H and O–H groups in total. The molecule has 6 nitrogen and oxygen atoms in total. The van der Waals surface area contributed by atoms with E-state index in [4.69, 9.17) is 9.47 Å². The monoisotopic (exact) mass is 503 g/mol. The summed E-state index contributed by atoms with van der Waals surface area (Å²) in [6.07, 6.45) is 0. The highest BCUT2D eigenvalue weighted by Crippen LogP contribution is 2.42. The minimum Gasteiger partial charge on any atom is -0.507 e. The Morgan fingerprint density at radius 2 is 1.59 bits per heavy atom. The van der Waals surface area contributed by atoms with Gasteiger partial charge in [-0.1, -0.05) is 63.2 Å². The van der Waals surface area contributed by atoms with Crippen LogP contribution in [0.1, 0.15) is 49.1 Å². The van der Waals surface area contributed by atoms with E-state index >= 15 is 0 Å². The number of hydrogen-bond donors (Lipinski definition) is 1. The van der Waals surface area contributed by atoms with Gasteiger partial charge in [-0.2, -0.15) is 0 Å². The molecule has 0 radical (unpaired) electrons. The number of nitrogens with zero attached hydrogens (tertiary/aromatic N) is 1. The summed E-state index contributed by atoms with van der Waals surface area (Å²) in [5.74, 6) is -2.00. The molecule has 3 aromatic carbocycles. The molecular formula is C30H30FNO5. The van der Waals surface area contributed by atoms with E-state index in [2.05, 4.69) is 20.8 Å². The molecule has 0 aliphatic carbocycles. The van der Waals surface area contributed by atoms with Gasteiger partial charge in [-0.15, -0.1) is 0 Å². The van der Waals surface area contributed by atoms with Crippen LogP contribution in [0.4, 0.5) is 4.39 Å². The van der Waals surface area contributed by atoms with Crippen molar-refractivity contribution in [2.75, 3.05) is 14.2 Å². The molecule has 3 aromatic rings. The number of benzene rings is 3. The number of amides is 1. The number of aliphatic hydroxyl groups is 1. The van der Waals surface area contributed by atoms with Gasteiger partial charge in [0.05, 0.1) is 37.9 Å². The molecule has 0 saturated carbocycles. The number of rotatable bonds is 6. The maximum atomic E-state index is 14.2. The summed E-state index contributed by atoms with van der Waals surface area (Å²) in [7, 11) is 2.92. The lowest BCUT2D eigenvalue weighted by molar-refractivity contribution is -0.140. The highest BCUT2D eigenvalue weighted by molar-refractivity contribution is 6.46. The quantitative estimate of drug-likeness (QED) is 0.263. The fraction of sp³-hybridized carbons (Fsp3) is 0.267. The largest absolute Gasteiger partial charge is 0.507 e. The second-order valence-electron chi connectivity index (χ2n) is 9.96. The second-order valence-corrected chi connectivity index (χ2v) is 9.96. The van der Waals surface area contributed by atoms with Gasteiger partial charge in [0, 0.05) is 5.56 Å². The fourth-order valence-electron chi connectivity index (χ4n) is 4.58. The normalized spacial score (nSPS) is 17.2. The number of carbonyl (C=O) groups is 2. The summed E-state index contributed by atoms with van der Waals surface area (Å²) in [5, 5.41) is 11.4. The third-order valence-electron chi connectivity index (χ3n) is 6.58. The van der Waals surface area contributed by atoms with Crippen molar-refractivity contribution in [3.63, 3.8) is 0 Å². The van der Waals surface area contributed by atoms with Gasteiger partial charge in [0.25, 0.3) is 11.7 Å². The van der Waals surface area contributed by atoms with Crippen LogP contribution in [-0.2, 0) is 21.5 Å². The van der Waals surface area contributed by atoms with Gasteiger partial charge in [-0.05, 0) is 40.8 Å². The Morgan fingerprint density at radius 1 is 0.946 bits per heavy atom. The van der Waals surface area contributed by atoms with Crippen molar-refractivity contribution in [1.82, 2.24) is 4.90 Å². The van der Waals surface area contributed by atoms with E-state index in [1.54, 1.807) is 6.07 Å². The number of ketones is 1. The van der Waals surface area contributed by atoms with Crippen molar-refractivity contribution in [2.45, 2.75) is 38.8 Å². The average Bonchev–Trinajstić information content (AvgIpc) is 3.13. The van der Waals surface area contributed by atoms with E-state index in [9.17, 15) is 19.1 Å². The molecular weight excluding hydrogens is 473 g/mol. The molecule has 0 aromatic heterocycles. The highest BCUT2D eigenvalue weighted by atomic mass is 19.1. The minimum atomic E-state index is -0.910. The first-order valence-electron chi connectivity index (χ1n) is 11.9. The fourth-order valence-corrected chi connectivity index (χ4v) is 4.58. The Morgan fingerprint density at radius 3 is 2.22 bits per heavy atom. The van der Waals surface area contributed by atoms with E-state index in [0.717, 1.165) is 11.6 Å². The Bertz CT molecular complexity index is 1370. The van der Waals surface area contributed by atoms with Crippen molar-refractivity contribution in [3.05, 3.63) is 100 Å². The van der Waals surface area contributed by atoms with Crippen LogP contribution in [0, 0.1) is 5.82 Å². The molecule has 1 saturated heterocycles. The van der Waals surface area contributed by atoms with Crippen molar-refractivity contribution >= 4 is 17.4 Å². The van der Waals surface area contributed by atoms with Gasteiger partial charge >= 0.3 is 0 Å². The standard InChI is InChI=1S/C30H30FNO5/c1-30(2,3)20-12-10-18(11-13-20)26-25(27(33)22-16-21(31)14-15-24(22)37-5)28(34)29(35)32(26)17-19-8-6-7-9-23(19)36-4/h6-16,26,33H,17H2,1-5H3/b27-25+. The van der Waals surface area contributed by atoms with Crippen LogP contribution in [0.5, 0.6) is 11.5 Å². The lowest BCUT2D eigenvalue weighted by Gasteiger charge is -2.27. The number of hydrogen-bond acceptors (Lipinski definition) is 5. The van der Waals surface area contributed by atoms with Gasteiger partial charge in [0.1, 0.15) is 23.1 Å². The first-order chi connectivity index (χ1) is 17.6. The summed E-state index contributed by atoms with van der Waals surface area (Å²) in [6, 6.07) is 17.5. The van der Waals surface area contributed by atoms with Crippen molar-refractivity contribution in [3.8, 4) is 11.5 Å². The minimum absolute atomic E-state index is 0.00546. The molecule has 1 aliphatic heterocycles. The molecule has 1 heterocycles. The number of ether oxygens (including phenoxy) is 2. The average molecular weight is 504 g/mol. The molecule has 4 rings (SSSR count). The number of halogens is 1. The van der Waals surface area contributed by atoms with Crippen molar-refractivity contribution < 1.29 is 28.6 Å². The topological polar surface area (TPSA) is 76.1 Å². The molecule has 1 amide bonds. The SMILES string of the molecule is COc1ccccc1CN1C(=O)C(=O)/C(=C(/O)c2cc(F)ccc2OC)C1c1ccc(C(C)(C)C)cc1. The molecule has 1 atom stereocenters.